The van der Waals surface area contributed by atoms with Crippen LogP contribution in [0, 0.1) is 34.6 Å². The third-order valence-corrected chi connectivity index (χ3v) is 17.0. The maximum Gasteiger partial charge on any atom is 0.307 e. The zero-order valence-corrected chi connectivity index (χ0v) is 49.5. The average Bonchev–Trinajstić information content (AvgIpc) is 4.55. The van der Waals surface area contributed by atoms with Crippen molar-refractivity contribution in [2.75, 3.05) is 50.5 Å². The molecule has 448 valence electrons. The van der Waals surface area contributed by atoms with Crippen LogP contribution in [0.25, 0.3) is 0 Å². The van der Waals surface area contributed by atoms with Crippen molar-refractivity contribution in [3.05, 3.63) is 132 Å². The summed E-state index contributed by atoms with van der Waals surface area (Å²) in [4.78, 5) is 39.1. The summed E-state index contributed by atoms with van der Waals surface area (Å²) in [5.74, 6) is -0.964. The largest absolute Gasteiger partial charge is 0.497 e. The van der Waals surface area contributed by atoms with Gasteiger partial charge in [-0.25, -0.2) is 22.5 Å². The maximum atomic E-state index is 14.1. The van der Waals surface area contributed by atoms with Crippen LogP contribution in [-0.4, -0.2) is 97.1 Å². The minimum atomic E-state index is -1.06. The van der Waals surface area contributed by atoms with Crippen molar-refractivity contribution in [1.29, 1.82) is 5.26 Å². The summed E-state index contributed by atoms with van der Waals surface area (Å²) in [6.45, 7) is 0. The molecule has 10 rings (SSSR count). The number of nitriles is 1. The number of anilines is 4. The lowest BCUT2D eigenvalue weighted by Gasteiger charge is -2.25. The van der Waals surface area contributed by atoms with Gasteiger partial charge in [0.25, 0.3) is 0 Å². The van der Waals surface area contributed by atoms with Crippen LogP contribution in [-0.2, 0) is 40.1 Å². The molecular formula is C55H58F4N14O8S4. The first-order valence-corrected chi connectivity index (χ1v) is 29.4. The molecule has 22 nitrogen and oxygen atoms in total. The molecule has 30 heteroatoms. The zero-order valence-electron chi connectivity index (χ0n) is 46.2. The number of pyridine rings is 1. The van der Waals surface area contributed by atoms with Crippen molar-refractivity contribution < 1.29 is 56.0 Å². The third-order valence-electron chi connectivity index (χ3n) is 13.2. The lowest BCUT2D eigenvalue weighted by Crippen LogP contribution is -2.15. The van der Waals surface area contributed by atoms with Gasteiger partial charge in [-0.2, -0.15) is 5.26 Å². The van der Waals surface area contributed by atoms with Gasteiger partial charge in [-0.3, -0.25) is 14.4 Å². The molecule has 4 atom stereocenters. The minimum absolute atomic E-state index is 0.0387. The number of nitrogens with one attached hydrogen (secondary N) is 2. The fourth-order valence-corrected chi connectivity index (χ4v) is 12.4. The molecule has 0 radical (unpaired) electrons. The Bertz CT molecular complexity index is 3420. The predicted octanol–water partition coefficient (Wildman–Crippen LogP) is 10.2. The zero-order chi connectivity index (χ0) is 61.0. The number of hydrogen-bond donors (Lipinski definition) is 5. The van der Waals surface area contributed by atoms with Gasteiger partial charge in [-0.05, 0) is 99.2 Å². The number of amides is 2. The fourth-order valence-electron chi connectivity index (χ4n) is 9.05. The molecule has 0 bridgehead atoms. The Kier molecular flexibility index (Phi) is 23.6. The van der Waals surface area contributed by atoms with E-state index in [-0.39, 0.29) is 59.9 Å². The molecule has 2 aliphatic rings. The van der Waals surface area contributed by atoms with Crippen LogP contribution in [0.1, 0.15) is 117 Å². The number of nitrogens with two attached hydrogens (primary N) is 2. The highest BCUT2D eigenvalue weighted by Crippen LogP contribution is 2.45. The highest BCUT2D eigenvalue weighted by molar-refractivity contribution is 7.16. The predicted molar refractivity (Wildman–Crippen MR) is 311 cm³/mol. The van der Waals surface area contributed by atoms with E-state index in [0.29, 0.717) is 55.5 Å². The van der Waals surface area contributed by atoms with Gasteiger partial charge < -0.3 is 46.2 Å². The van der Waals surface area contributed by atoms with Crippen LogP contribution in [0.2, 0.25) is 0 Å². The molecule has 5 aromatic heterocycles. The molecule has 7 N–H and O–H groups in total. The van der Waals surface area contributed by atoms with Gasteiger partial charge in [0.15, 0.2) is 0 Å². The number of nitrogens with zero attached hydrogens (tertiary/aromatic N) is 10. The first-order valence-electron chi connectivity index (χ1n) is 26.1. The van der Waals surface area contributed by atoms with Crippen LogP contribution in [0.5, 0.6) is 23.1 Å². The highest BCUT2D eigenvalue weighted by Gasteiger charge is 2.31. The number of carbonyl (C=O) groups excluding carboxylic acids is 2. The number of nitrogen functional groups attached to an aromatic ring is 2. The monoisotopic (exact) mass is 1250 g/mol. The van der Waals surface area contributed by atoms with E-state index in [2.05, 4.69) is 56.4 Å². The molecule has 3 aromatic carbocycles. The summed E-state index contributed by atoms with van der Waals surface area (Å²) >= 11 is 5.60. The van der Waals surface area contributed by atoms with E-state index in [4.69, 9.17) is 40.8 Å². The Morgan fingerprint density at radius 3 is 1.28 bits per heavy atom. The smallest absolute Gasteiger partial charge is 0.307 e. The molecule has 0 aliphatic heterocycles. The number of halogens is 4. The van der Waals surface area contributed by atoms with Crippen LogP contribution in [0.3, 0.4) is 0 Å². The second-order valence-corrected chi connectivity index (χ2v) is 23.1. The van der Waals surface area contributed by atoms with Gasteiger partial charge in [-0.1, -0.05) is 58.2 Å². The van der Waals surface area contributed by atoms with Gasteiger partial charge in [0.2, 0.25) is 38.2 Å². The normalized spacial score (nSPS) is 16.1. The molecule has 2 amide bonds. The highest BCUT2D eigenvalue weighted by atomic mass is 32.1. The Balaban J connectivity index is 0.000000195. The lowest BCUT2D eigenvalue weighted by atomic mass is 9.82. The number of rotatable bonds is 17. The van der Waals surface area contributed by atoms with Gasteiger partial charge in [0, 0.05) is 46.4 Å². The first kappa shape index (κ1) is 64.0. The first-order chi connectivity index (χ1) is 40.9. The quantitative estimate of drug-likeness (QED) is 0.0529. The standard InChI is InChI=1S/C28H28F2N6O4S2.C10H14N6S2.C9H9FO3.C8H7FN2O/c1-39-19-6-8-21(29)17(11-19)13-23(37)31-27-35-33-25(41-27)15-4-3-5-16(10-15)26-34-36-28(42-26)32-24(38)14-18-12-20(40-2)7-9-22(18)30;11-9-15-13-7(17-9)5-2-1-3-6(4-5)8-14-16-10(12)18-8;1-13-7-2-3-8(10)6(4-7)5-9(11)12;1-12-8-3-2-6(9)7(11-8)4-5-10/h6-9,11-12,15-16H,3-5,10,13-14H2,1-2H3,(H,31,35,37)(H,32,36,38);5-6H,1-4H2,(H2,11,15)(H2,12,16);2-4H,5H2,1H3,(H,11,12);2-3H,4H2,1H3/t15-,16-;5-,6-;;/m00../s1. The summed E-state index contributed by atoms with van der Waals surface area (Å²) in [5.41, 5.74) is 12.0. The van der Waals surface area contributed by atoms with Gasteiger partial charge in [-0.15, -0.1) is 40.8 Å². The van der Waals surface area contributed by atoms with Crippen LogP contribution in [0.4, 0.5) is 38.1 Å². The van der Waals surface area contributed by atoms with E-state index < -0.39 is 41.1 Å². The Hall–Kier alpha value is -8.53. The van der Waals surface area contributed by atoms with Crippen molar-refractivity contribution in [3.8, 4) is 29.2 Å². The number of carbonyl (C=O) groups is 3. The number of benzene rings is 3. The van der Waals surface area contributed by atoms with E-state index >= 15 is 0 Å². The van der Waals surface area contributed by atoms with Crippen LogP contribution in [0.15, 0.2) is 66.7 Å². The van der Waals surface area contributed by atoms with Gasteiger partial charge >= 0.3 is 5.97 Å². The molecule has 5 heterocycles. The van der Waals surface area contributed by atoms with Crippen molar-refractivity contribution in [3.63, 3.8) is 0 Å². The Morgan fingerprint density at radius 2 is 0.929 bits per heavy atom. The number of hydrogen-bond acceptors (Lipinski definition) is 23. The van der Waals surface area contributed by atoms with Gasteiger partial charge in [0.1, 0.15) is 60.5 Å². The van der Waals surface area contributed by atoms with E-state index in [1.807, 2.05) is 6.07 Å². The number of aliphatic carboxylic acids is 1. The summed E-state index contributed by atoms with van der Waals surface area (Å²) < 4.78 is 73.8. The Labute approximate surface area is 501 Å². The summed E-state index contributed by atoms with van der Waals surface area (Å²) in [7, 11) is 5.84. The second-order valence-electron chi connectivity index (χ2n) is 19.0. The molecule has 0 saturated heterocycles. The number of methoxy groups -OCH3 is 4. The van der Waals surface area contributed by atoms with E-state index in [1.165, 1.54) is 147 Å². The summed E-state index contributed by atoms with van der Waals surface area (Å²) in [5, 5.41) is 60.7. The molecule has 85 heavy (non-hydrogen) atoms. The molecule has 8 aromatic rings. The number of carboxylic acid groups (broad SMARTS) is 1. The van der Waals surface area contributed by atoms with Crippen molar-refractivity contribution in [1.82, 2.24) is 45.8 Å². The average molecular weight is 1250 g/mol. The maximum absolute atomic E-state index is 14.1. The minimum Gasteiger partial charge on any atom is -0.497 e. The van der Waals surface area contributed by atoms with E-state index in [1.54, 1.807) is 0 Å². The molecule has 0 unspecified atom stereocenters. The van der Waals surface area contributed by atoms with Crippen molar-refractivity contribution >= 4 is 83.7 Å². The molecule has 2 fully saturated rings. The van der Waals surface area contributed by atoms with E-state index in [9.17, 15) is 31.9 Å². The molecule has 2 aliphatic carbocycles. The van der Waals surface area contributed by atoms with Crippen molar-refractivity contribution in [2.45, 2.75) is 101 Å². The van der Waals surface area contributed by atoms with Crippen LogP contribution >= 0.6 is 45.3 Å². The molecular weight excluding hydrogens is 1190 g/mol. The van der Waals surface area contributed by atoms with E-state index in [0.717, 1.165) is 65.0 Å². The number of ether oxygens (including phenoxy) is 4. The Morgan fingerprint density at radius 1 is 0.553 bits per heavy atom. The second kappa shape index (κ2) is 31.4. The number of aromatic nitrogens is 9. The summed E-state index contributed by atoms with van der Waals surface area (Å²) in [6, 6.07) is 17.0. The molecule has 0 spiro atoms. The number of carboxylic acids is 1. The lowest BCUT2D eigenvalue weighted by molar-refractivity contribution is -0.136. The van der Waals surface area contributed by atoms with Crippen molar-refractivity contribution in [2.24, 2.45) is 0 Å². The topological polar surface area (TPSA) is 324 Å². The molecule has 2 saturated carbocycles. The summed E-state index contributed by atoms with van der Waals surface area (Å²) in [6.07, 6.45) is 7.40. The fraction of sp³-hybridized carbons (Fsp3) is 0.364. The third kappa shape index (κ3) is 19.0. The SMILES string of the molecule is COc1ccc(F)c(CC#N)n1.COc1ccc(F)c(CC(=O)Nc2nnc([C@H]3CCC[C@H](c4nnc(NC(=O)Cc5cc(OC)ccc5F)s4)C3)s2)c1.COc1ccc(F)c(CC(=O)O)c1.Nc1nnc([C@H]2CCC[C@H](c3nnc(N)s3)C2)s1. The van der Waals surface area contributed by atoms with Gasteiger partial charge in [0.05, 0.1) is 65.9 Å². The van der Waals surface area contributed by atoms with Crippen LogP contribution < -0.4 is 41.0 Å².